The SMILES string of the molecule is N#CCc1cc(F)cc(CNCCCCOCCOc2cc(-n3cnnc3)cc3[nH]ncc23)c1. The highest BCUT2D eigenvalue weighted by Crippen LogP contribution is 2.27. The average molecular weight is 464 g/mol. The van der Waals surface area contributed by atoms with Gasteiger partial charge < -0.3 is 14.8 Å². The molecule has 0 saturated heterocycles. The Labute approximate surface area is 196 Å². The van der Waals surface area contributed by atoms with Crippen molar-refractivity contribution in [2.45, 2.75) is 25.8 Å². The average Bonchev–Trinajstić information content (AvgIpc) is 3.52. The van der Waals surface area contributed by atoms with Gasteiger partial charge >= 0.3 is 0 Å². The van der Waals surface area contributed by atoms with Crippen LogP contribution >= 0.6 is 0 Å². The van der Waals surface area contributed by atoms with Crippen molar-refractivity contribution in [2.24, 2.45) is 0 Å². The van der Waals surface area contributed by atoms with E-state index in [9.17, 15) is 4.39 Å². The summed E-state index contributed by atoms with van der Waals surface area (Å²) < 4.78 is 27.0. The number of nitriles is 1. The Morgan fingerprint density at radius 3 is 2.74 bits per heavy atom. The van der Waals surface area contributed by atoms with Crippen LogP contribution in [0.4, 0.5) is 4.39 Å². The molecule has 2 aromatic heterocycles. The molecule has 0 aliphatic rings. The third-order valence-electron chi connectivity index (χ3n) is 5.23. The lowest BCUT2D eigenvalue weighted by Crippen LogP contribution is -2.16. The Hall–Kier alpha value is -3.81. The first kappa shape index (κ1) is 23.4. The molecule has 0 aliphatic carbocycles. The monoisotopic (exact) mass is 463 g/mol. The van der Waals surface area contributed by atoms with E-state index in [-0.39, 0.29) is 12.2 Å². The van der Waals surface area contributed by atoms with Gasteiger partial charge in [-0.05, 0) is 48.7 Å². The number of nitrogens with zero attached hydrogens (tertiary/aromatic N) is 5. The van der Waals surface area contributed by atoms with E-state index < -0.39 is 0 Å². The van der Waals surface area contributed by atoms with Crippen molar-refractivity contribution in [3.05, 3.63) is 66.1 Å². The van der Waals surface area contributed by atoms with Crippen LogP contribution in [0, 0.1) is 17.1 Å². The number of nitrogens with one attached hydrogen (secondary N) is 2. The number of H-pyrrole nitrogens is 1. The molecule has 2 N–H and O–H groups in total. The molecule has 10 heteroatoms. The number of aromatic nitrogens is 5. The van der Waals surface area contributed by atoms with Crippen molar-refractivity contribution in [1.82, 2.24) is 30.3 Å². The van der Waals surface area contributed by atoms with Crippen LogP contribution in [-0.2, 0) is 17.7 Å². The molecule has 0 atom stereocenters. The molecule has 0 radical (unpaired) electrons. The molecule has 0 saturated carbocycles. The maximum atomic E-state index is 13.6. The molecule has 0 bridgehead atoms. The zero-order valence-corrected chi connectivity index (χ0v) is 18.7. The molecule has 176 valence electrons. The second-order valence-corrected chi connectivity index (χ2v) is 7.79. The zero-order chi connectivity index (χ0) is 23.6. The summed E-state index contributed by atoms with van der Waals surface area (Å²) in [4.78, 5) is 0. The molecule has 34 heavy (non-hydrogen) atoms. The highest BCUT2D eigenvalue weighted by atomic mass is 19.1. The third kappa shape index (κ3) is 6.37. The fourth-order valence-electron chi connectivity index (χ4n) is 3.62. The Bertz CT molecular complexity index is 1230. The number of benzene rings is 2. The van der Waals surface area contributed by atoms with Crippen LogP contribution in [0.15, 0.2) is 49.2 Å². The number of ether oxygens (including phenoxy) is 2. The first-order valence-electron chi connectivity index (χ1n) is 11.1. The van der Waals surface area contributed by atoms with Gasteiger partial charge in [0.05, 0.1) is 41.9 Å². The van der Waals surface area contributed by atoms with Crippen molar-refractivity contribution >= 4 is 10.9 Å². The normalized spacial score (nSPS) is 11.1. The second-order valence-electron chi connectivity index (χ2n) is 7.79. The van der Waals surface area contributed by atoms with Gasteiger partial charge in [-0.15, -0.1) is 10.2 Å². The van der Waals surface area contributed by atoms with E-state index in [0.717, 1.165) is 47.3 Å². The highest BCUT2D eigenvalue weighted by Gasteiger charge is 2.09. The molecule has 0 amide bonds. The Balaban J connectivity index is 1.12. The lowest BCUT2D eigenvalue weighted by atomic mass is 10.1. The van der Waals surface area contributed by atoms with Gasteiger partial charge in [-0.25, -0.2) is 4.39 Å². The van der Waals surface area contributed by atoms with E-state index in [1.807, 2.05) is 24.3 Å². The quantitative estimate of drug-likeness (QED) is 0.292. The van der Waals surface area contributed by atoms with Gasteiger partial charge in [0.2, 0.25) is 0 Å². The molecule has 0 fully saturated rings. The van der Waals surface area contributed by atoms with Crippen molar-refractivity contribution in [3.8, 4) is 17.5 Å². The van der Waals surface area contributed by atoms with Gasteiger partial charge in [0.25, 0.3) is 0 Å². The zero-order valence-electron chi connectivity index (χ0n) is 18.7. The fraction of sp³-hybridized carbons (Fsp3) is 0.333. The number of hydrogen-bond donors (Lipinski definition) is 2. The van der Waals surface area contributed by atoms with Gasteiger partial charge in [-0.2, -0.15) is 10.4 Å². The molecule has 0 spiro atoms. The molecule has 2 heterocycles. The Morgan fingerprint density at radius 1 is 1.03 bits per heavy atom. The van der Waals surface area contributed by atoms with Gasteiger partial charge in [0.15, 0.2) is 0 Å². The number of rotatable bonds is 13. The lowest BCUT2D eigenvalue weighted by molar-refractivity contribution is 0.0979. The van der Waals surface area contributed by atoms with Crippen LogP contribution in [0.3, 0.4) is 0 Å². The predicted octanol–water partition coefficient (Wildman–Crippen LogP) is 3.31. The molecular weight excluding hydrogens is 437 g/mol. The summed E-state index contributed by atoms with van der Waals surface area (Å²) in [6.45, 7) is 2.92. The topological polar surface area (TPSA) is 114 Å². The smallest absolute Gasteiger partial charge is 0.132 e. The largest absolute Gasteiger partial charge is 0.490 e. The second kappa shape index (κ2) is 11.9. The Kier molecular flexibility index (Phi) is 8.16. The fourth-order valence-corrected chi connectivity index (χ4v) is 3.62. The molecule has 4 aromatic rings. The number of unbranched alkanes of at least 4 members (excludes halogenated alkanes) is 1. The van der Waals surface area contributed by atoms with Crippen molar-refractivity contribution in [3.63, 3.8) is 0 Å². The van der Waals surface area contributed by atoms with Crippen molar-refractivity contribution < 1.29 is 13.9 Å². The van der Waals surface area contributed by atoms with E-state index in [2.05, 4.69) is 25.7 Å². The molecule has 0 aliphatic heterocycles. The molecule has 2 aromatic carbocycles. The highest BCUT2D eigenvalue weighted by molar-refractivity contribution is 5.86. The van der Waals surface area contributed by atoms with Crippen LogP contribution in [0.2, 0.25) is 0 Å². The van der Waals surface area contributed by atoms with E-state index in [1.165, 1.54) is 12.1 Å². The first-order chi connectivity index (χ1) is 16.7. The maximum Gasteiger partial charge on any atom is 0.132 e. The van der Waals surface area contributed by atoms with Crippen LogP contribution in [-0.4, -0.2) is 51.3 Å². The number of fused-ring (bicyclic) bond motifs is 1. The van der Waals surface area contributed by atoms with E-state index >= 15 is 0 Å². The molecule has 9 nitrogen and oxygen atoms in total. The minimum Gasteiger partial charge on any atom is -0.490 e. The summed E-state index contributed by atoms with van der Waals surface area (Å²) in [6.07, 6.45) is 7.06. The van der Waals surface area contributed by atoms with Gasteiger partial charge in [0.1, 0.15) is 30.8 Å². The van der Waals surface area contributed by atoms with Crippen molar-refractivity contribution in [1.29, 1.82) is 5.26 Å². The van der Waals surface area contributed by atoms with Crippen molar-refractivity contribution in [2.75, 3.05) is 26.4 Å². The summed E-state index contributed by atoms with van der Waals surface area (Å²) in [5.41, 5.74) is 3.30. The summed E-state index contributed by atoms with van der Waals surface area (Å²) in [6, 6.07) is 10.7. The molecule has 4 rings (SSSR count). The minimum absolute atomic E-state index is 0.215. The minimum atomic E-state index is -0.306. The van der Waals surface area contributed by atoms with Gasteiger partial charge in [0, 0.05) is 19.2 Å². The predicted molar refractivity (Wildman–Crippen MR) is 124 cm³/mol. The lowest BCUT2D eigenvalue weighted by Gasteiger charge is -2.10. The van der Waals surface area contributed by atoms with Crippen LogP contribution < -0.4 is 10.1 Å². The van der Waals surface area contributed by atoms with Crippen LogP contribution in [0.25, 0.3) is 16.6 Å². The number of aromatic amines is 1. The number of hydrogen-bond acceptors (Lipinski definition) is 7. The van der Waals surface area contributed by atoms with Crippen LogP contribution in [0.5, 0.6) is 5.75 Å². The first-order valence-corrected chi connectivity index (χ1v) is 11.1. The summed E-state index contributed by atoms with van der Waals surface area (Å²) in [5, 5.41) is 27.7. The standard InChI is InChI=1S/C24H26FN7O2/c25-20-10-18(3-4-26)9-19(11-20)14-27-5-1-2-6-33-7-8-34-24-13-21(32-16-29-30-17-32)12-23-22(24)15-28-31-23/h9-13,15-17,27H,1-3,5-8,14H2,(H,28,31). The Morgan fingerprint density at radius 2 is 1.88 bits per heavy atom. The molecule has 0 unspecified atom stereocenters. The van der Waals surface area contributed by atoms with Gasteiger partial charge in [-0.1, -0.05) is 6.07 Å². The number of halogens is 1. The van der Waals surface area contributed by atoms with Crippen LogP contribution in [0.1, 0.15) is 24.0 Å². The summed E-state index contributed by atoms with van der Waals surface area (Å²) in [7, 11) is 0. The summed E-state index contributed by atoms with van der Waals surface area (Å²) >= 11 is 0. The van der Waals surface area contributed by atoms with E-state index in [1.54, 1.807) is 23.4 Å². The molecular formula is C24H26FN7O2. The maximum absolute atomic E-state index is 13.6. The third-order valence-corrected chi connectivity index (χ3v) is 5.23. The summed E-state index contributed by atoms with van der Waals surface area (Å²) in [5.74, 6) is 0.414. The van der Waals surface area contributed by atoms with E-state index in [0.29, 0.717) is 31.9 Å². The van der Waals surface area contributed by atoms with Gasteiger partial charge in [-0.3, -0.25) is 9.67 Å². The van der Waals surface area contributed by atoms with E-state index in [4.69, 9.17) is 14.7 Å².